The van der Waals surface area contributed by atoms with Gasteiger partial charge in [0.15, 0.2) is 0 Å². The van der Waals surface area contributed by atoms with Crippen LogP contribution >= 0.6 is 11.3 Å². The van der Waals surface area contributed by atoms with Gasteiger partial charge >= 0.3 is 6.03 Å². The summed E-state index contributed by atoms with van der Waals surface area (Å²) in [6, 6.07) is 8.30. The fourth-order valence-corrected chi connectivity index (χ4v) is 4.30. The van der Waals surface area contributed by atoms with Crippen LogP contribution in [0.2, 0.25) is 0 Å². The van der Waals surface area contributed by atoms with E-state index in [9.17, 15) is 4.79 Å². The molecule has 0 aliphatic carbocycles. The number of hydrogen-bond donors (Lipinski definition) is 1. The fourth-order valence-electron chi connectivity index (χ4n) is 3.56. The van der Waals surface area contributed by atoms with Gasteiger partial charge in [-0.25, -0.2) is 9.78 Å². The van der Waals surface area contributed by atoms with Gasteiger partial charge in [0, 0.05) is 63.4 Å². The standard InChI is InChI=1S/C20H27N5O2S/c26-20(25-7-5-23(6-8-25)16-18-2-1-13-28-18)22-15-17-3-4-21-19(14-17)24-9-11-27-12-10-24/h1-4,13-14H,5-12,15-16H2,(H,22,26). The number of thiophene rings is 1. The Labute approximate surface area is 169 Å². The van der Waals surface area contributed by atoms with Crippen molar-refractivity contribution >= 4 is 23.2 Å². The Bertz CT molecular complexity index is 756. The van der Waals surface area contributed by atoms with Crippen molar-refractivity contribution in [3.63, 3.8) is 0 Å². The zero-order valence-corrected chi connectivity index (χ0v) is 16.9. The number of pyridine rings is 1. The van der Waals surface area contributed by atoms with E-state index in [4.69, 9.17) is 4.74 Å². The van der Waals surface area contributed by atoms with Crippen molar-refractivity contribution in [2.75, 3.05) is 57.4 Å². The summed E-state index contributed by atoms with van der Waals surface area (Å²) in [5.74, 6) is 0.956. The zero-order chi connectivity index (χ0) is 19.2. The molecule has 2 aliphatic rings. The molecule has 4 rings (SSSR count). The van der Waals surface area contributed by atoms with Gasteiger partial charge in [0.1, 0.15) is 5.82 Å². The van der Waals surface area contributed by atoms with Crippen LogP contribution in [0, 0.1) is 0 Å². The van der Waals surface area contributed by atoms with Gasteiger partial charge in [-0.05, 0) is 29.1 Å². The second-order valence-electron chi connectivity index (χ2n) is 7.12. The number of nitrogens with one attached hydrogen (secondary N) is 1. The molecule has 0 aromatic carbocycles. The van der Waals surface area contributed by atoms with Gasteiger partial charge in [-0.15, -0.1) is 11.3 Å². The maximum atomic E-state index is 12.5. The lowest BCUT2D eigenvalue weighted by Crippen LogP contribution is -2.51. The number of anilines is 1. The van der Waals surface area contributed by atoms with E-state index in [0.717, 1.165) is 70.4 Å². The van der Waals surface area contributed by atoms with E-state index in [1.807, 2.05) is 17.2 Å². The number of amides is 2. The number of ether oxygens (including phenoxy) is 1. The SMILES string of the molecule is O=C(NCc1ccnc(N2CCOCC2)c1)N1CCN(Cc2cccs2)CC1. The van der Waals surface area contributed by atoms with Crippen molar-refractivity contribution in [2.45, 2.75) is 13.1 Å². The lowest BCUT2D eigenvalue weighted by atomic mass is 10.2. The van der Waals surface area contributed by atoms with Crippen LogP contribution < -0.4 is 10.2 Å². The van der Waals surface area contributed by atoms with Gasteiger partial charge in [0.2, 0.25) is 0 Å². The van der Waals surface area contributed by atoms with E-state index >= 15 is 0 Å². The first-order valence-corrected chi connectivity index (χ1v) is 10.7. The normalized spacial score (nSPS) is 18.3. The second-order valence-corrected chi connectivity index (χ2v) is 8.16. The molecule has 28 heavy (non-hydrogen) atoms. The zero-order valence-electron chi connectivity index (χ0n) is 16.0. The summed E-state index contributed by atoms with van der Waals surface area (Å²) in [6.45, 7) is 8.07. The first-order chi connectivity index (χ1) is 13.8. The molecule has 0 saturated carbocycles. The highest BCUT2D eigenvalue weighted by Crippen LogP contribution is 2.15. The number of urea groups is 1. The molecule has 2 fully saturated rings. The summed E-state index contributed by atoms with van der Waals surface area (Å²) in [7, 11) is 0. The van der Waals surface area contributed by atoms with E-state index in [1.54, 1.807) is 11.3 Å². The average molecular weight is 402 g/mol. The minimum absolute atomic E-state index is 0.0144. The van der Waals surface area contributed by atoms with Gasteiger partial charge in [0.05, 0.1) is 13.2 Å². The molecule has 2 aliphatic heterocycles. The monoisotopic (exact) mass is 401 g/mol. The number of rotatable bonds is 5. The number of morpholine rings is 1. The Morgan fingerprint density at radius 2 is 1.96 bits per heavy atom. The Morgan fingerprint density at radius 3 is 2.71 bits per heavy atom. The molecule has 2 amide bonds. The topological polar surface area (TPSA) is 60.9 Å². The van der Waals surface area contributed by atoms with Crippen LogP contribution in [0.15, 0.2) is 35.8 Å². The molecule has 0 radical (unpaired) electrons. The van der Waals surface area contributed by atoms with E-state index in [1.165, 1.54) is 4.88 Å². The molecule has 1 N–H and O–H groups in total. The molecule has 8 heteroatoms. The number of piperazine rings is 1. The van der Waals surface area contributed by atoms with Crippen LogP contribution in [0.5, 0.6) is 0 Å². The maximum absolute atomic E-state index is 12.5. The van der Waals surface area contributed by atoms with E-state index in [-0.39, 0.29) is 6.03 Å². The number of hydrogen-bond acceptors (Lipinski definition) is 6. The Kier molecular flexibility index (Phi) is 6.41. The molecule has 0 atom stereocenters. The van der Waals surface area contributed by atoms with Gasteiger partial charge in [-0.2, -0.15) is 0 Å². The predicted octanol–water partition coefficient (Wildman–Crippen LogP) is 2.01. The third-order valence-electron chi connectivity index (χ3n) is 5.21. The van der Waals surface area contributed by atoms with Gasteiger partial charge < -0.3 is 19.9 Å². The lowest BCUT2D eigenvalue weighted by molar-refractivity contribution is 0.122. The summed E-state index contributed by atoms with van der Waals surface area (Å²) in [6.07, 6.45) is 1.82. The molecule has 2 saturated heterocycles. The number of nitrogens with zero attached hydrogens (tertiary/aromatic N) is 4. The highest BCUT2D eigenvalue weighted by molar-refractivity contribution is 7.09. The van der Waals surface area contributed by atoms with E-state index < -0.39 is 0 Å². The number of carbonyl (C=O) groups is 1. The van der Waals surface area contributed by atoms with Crippen molar-refractivity contribution in [3.05, 3.63) is 46.3 Å². The number of carbonyl (C=O) groups excluding carboxylic acids is 1. The van der Waals surface area contributed by atoms with Crippen LogP contribution in [-0.2, 0) is 17.8 Å². The lowest BCUT2D eigenvalue weighted by Gasteiger charge is -2.34. The van der Waals surface area contributed by atoms with Crippen LogP contribution in [-0.4, -0.2) is 73.3 Å². The quantitative estimate of drug-likeness (QED) is 0.831. The highest BCUT2D eigenvalue weighted by Gasteiger charge is 2.21. The highest BCUT2D eigenvalue weighted by atomic mass is 32.1. The van der Waals surface area contributed by atoms with Gasteiger partial charge in [-0.1, -0.05) is 6.07 Å². The van der Waals surface area contributed by atoms with Crippen LogP contribution in [0.3, 0.4) is 0 Å². The van der Waals surface area contributed by atoms with Crippen molar-refractivity contribution < 1.29 is 9.53 Å². The fraction of sp³-hybridized carbons (Fsp3) is 0.500. The molecule has 0 spiro atoms. The number of aromatic nitrogens is 1. The molecular formula is C20H27N5O2S. The molecule has 150 valence electrons. The van der Waals surface area contributed by atoms with Gasteiger partial charge in [0.25, 0.3) is 0 Å². The minimum Gasteiger partial charge on any atom is -0.378 e. The molecule has 2 aromatic rings. The van der Waals surface area contributed by atoms with Crippen molar-refractivity contribution in [2.24, 2.45) is 0 Å². The first-order valence-electron chi connectivity index (χ1n) is 9.83. The van der Waals surface area contributed by atoms with Crippen molar-refractivity contribution in [1.82, 2.24) is 20.1 Å². The van der Waals surface area contributed by atoms with Gasteiger partial charge in [-0.3, -0.25) is 4.90 Å². The summed E-state index contributed by atoms with van der Waals surface area (Å²) in [4.78, 5) is 24.9. The predicted molar refractivity (Wildman–Crippen MR) is 111 cm³/mol. The Balaban J connectivity index is 1.23. The molecule has 2 aromatic heterocycles. The maximum Gasteiger partial charge on any atom is 0.317 e. The van der Waals surface area contributed by atoms with Crippen molar-refractivity contribution in [3.8, 4) is 0 Å². The first kappa shape index (κ1) is 19.2. The van der Waals surface area contributed by atoms with Crippen LogP contribution in [0.25, 0.3) is 0 Å². The van der Waals surface area contributed by atoms with Crippen LogP contribution in [0.1, 0.15) is 10.4 Å². The summed E-state index contributed by atoms with van der Waals surface area (Å²) in [5, 5.41) is 5.17. The third kappa shape index (κ3) is 5.01. The minimum atomic E-state index is 0.0144. The summed E-state index contributed by atoms with van der Waals surface area (Å²) < 4.78 is 5.40. The van der Waals surface area contributed by atoms with Crippen molar-refractivity contribution in [1.29, 1.82) is 0 Å². The molecule has 0 unspecified atom stereocenters. The molecule has 7 nitrogen and oxygen atoms in total. The summed E-state index contributed by atoms with van der Waals surface area (Å²) in [5.41, 5.74) is 1.07. The average Bonchev–Trinajstić information content (AvgIpc) is 3.26. The molecule has 0 bridgehead atoms. The summed E-state index contributed by atoms with van der Waals surface area (Å²) >= 11 is 1.79. The largest absolute Gasteiger partial charge is 0.378 e. The smallest absolute Gasteiger partial charge is 0.317 e. The van der Waals surface area contributed by atoms with E-state index in [0.29, 0.717) is 6.54 Å². The molecule has 4 heterocycles. The third-order valence-corrected chi connectivity index (χ3v) is 6.07. The Hall–Kier alpha value is -2.16. The molecular weight excluding hydrogens is 374 g/mol. The second kappa shape index (κ2) is 9.36. The Morgan fingerprint density at radius 1 is 1.14 bits per heavy atom. The van der Waals surface area contributed by atoms with E-state index in [2.05, 4.69) is 43.7 Å². The van der Waals surface area contributed by atoms with Crippen LogP contribution in [0.4, 0.5) is 10.6 Å².